The first-order valence-corrected chi connectivity index (χ1v) is 5.73. The molecular formula is C14H14N2. The van der Waals surface area contributed by atoms with E-state index in [0.29, 0.717) is 23.8 Å². The molecule has 1 aromatic rings. The Morgan fingerprint density at radius 1 is 1.19 bits per heavy atom. The van der Waals surface area contributed by atoms with E-state index in [9.17, 15) is 0 Å². The van der Waals surface area contributed by atoms with Gasteiger partial charge in [0.15, 0.2) is 0 Å². The molecule has 0 heterocycles. The van der Waals surface area contributed by atoms with Crippen molar-refractivity contribution in [3.05, 3.63) is 47.5 Å². The molecule has 0 spiro atoms. The van der Waals surface area contributed by atoms with Gasteiger partial charge in [0.1, 0.15) is 0 Å². The Morgan fingerprint density at radius 2 is 1.94 bits per heavy atom. The molecule has 2 aliphatic rings. The lowest BCUT2D eigenvalue weighted by Gasteiger charge is -2.19. The summed E-state index contributed by atoms with van der Waals surface area (Å²) in [6, 6.07) is 10.4. The zero-order valence-electron chi connectivity index (χ0n) is 9.01. The first-order valence-electron chi connectivity index (χ1n) is 5.73. The first kappa shape index (κ1) is 9.62. The molecular weight excluding hydrogens is 196 g/mol. The lowest BCUT2D eigenvalue weighted by molar-refractivity contribution is 0.536. The van der Waals surface area contributed by atoms with Gasteiger partial charge in [-0.2, -0.15) is 5.26 Å². The second-order valence-corrected chi connectivity index (χ2v) is 4.78. The van der Waals surface area contributed by atoms with Crippen LogP contribution in [0.4, 0.5) is 0 Å². The molecule has 0 radical (unpaired) electrons. The molecule has 1 unspecified atom stereocenters. The summed E-state index contributed by atoms with van der Waals surface area (Å²) >= 11 is 0. The summed E-state index contributed by atoms with van der Waals surface area (Å²) in [5.74, 6) is 1.61. The second-order valence-electron chi connectivity index (χ2n) is 4.78. The van der Waals surface area contributed by atoms with Gasteiger partial charge in [0, 0.05) is 6.04 Å². The van der Waals surface area contributed by atoms with Gasteiger partial charge in [-0.05, 0) is 41.9 Å². The van der Waals surface area contributed by atoms with Crippen LogP contribution in [-0.4, -0.2) is 6.04 Å². The average molecular weight is 210 g/mol. The predicted molar refractivity (Wildman–Crippen MR) is 62.6 cm³/mol. The largest absolute Gasteiger partial charge is 0.327 e. The second kappa shape index (κ2) is 3.47. The van der Waals surface area contributed by atoms with Gasteiger partial charge in [-0.25, -0.2) is 0 Å². The summed E-state index contributed by atoms with van der Waals surface area (Å²) < 4.78 is 0. The lowest BCUT2D eigenvalue weighted by Crippen LogP contribution is -2.26. The van der Waals surface area contributed by atoms with Crippen LogP contribution < -0.4 is 5.73 Å². The molecule has 2 heteroatoms. The van der Waals surface area contributed by atoms with Crippen molar-refractivity contribution in [3.8, 4) is 6.07 Å². The fourth-order valence-corrected chi connectivity index (χ4v) is 3.06. The van der Waals surface area contributed by atoms with E-state index in [-0.39, 0.29) is 0 Å². The Balaban J connectivity index is 1.89. The molecule has 4 atom stereocenters. The molecule has 2 N–H and O–H groups in total. The number of hydrogen-bond donors (Lipinski definition) is 1. The first-order chi connectivity index (χ1) is 7.79. The van der Waals surface area contributed by atoms with Crippen molar-refractivity contribution in [2.45, 2.75) is 18.4 Å². The quantitative estimate of drug-likeness (QED) is 0.722. The molecule has 0 amide bonds. The Hall–Kier alpha value is -1.59. The highest BCUT2D eigenvalue weighted by Crippen LogP contribution is 2.47. The fourth-order valence-electron chi connectivity index (χ4n) is 3.06. The van der Waals surface area contributed by atoms with Crippen molar-refractivity contribution in [2.75, 3.05) is 0 Å². The number of benzene rings is 1. The van der Waals surface area contributed by atoms with Gasteiger partial charge in [-0.15, -0.1) is 0 Å². The van der Waals surface area contributed by atoms with Crippen LogP contribution in [0.2, 0.25) is 0 Å². The minimum atomic E-state index is 0.306. The highest BCUT2D eigenvalue weighted by atomic mass is 14.7. The number of nitrogens with two attached hydrogens (primary N) is 1. The number of nitrogens with zero attached hydrogens (tertiary/aromatic N) is 1. The van der Waals surface area contributed by atoms with E-state index in [1.807, 2.05) is 12.1 Å². The minimum absolute atomic E-state index is 0.306. The van der Waals surface area contributed by atoms with Gasteiger partial charge in [0.05, 0.1) is 11.6 Å². The molecule has 1 aromatic carbocycles. The summed E-state index contributed by atoms with van der Waals surface area (Å²) in [4.78, 5) is 0. The van der Waals surface area contributed by atoms with E-state index in [4.69, 9.17) is 11.0 Å². The van der Waals surface area contributed by atoms with Gasteiger partial charge in [0.25, 0.3) is 0 Å². The molecule has 0 aromatic heterocycles. The maximum atomic E-state index is 8.76. The lowest BCUT2D eigenvalue weighted by atomic mass is 9.86. The van der Waals surface area contributed by atoms with Crippen molar-refractivity contribution >= 4 is 0 Å². The van der Waals surface area contributed by atoms with Crippen LogP contribution in [-0.2, 0) is 0 Å². The van der Waals surface area contributed by atoms with Crippen LogP contribution in [0, 0.1) is 23.2 Å². The molecule has 1 fully saturated rings. The van der Waals surface area contributed by atoms with E-state index < -0.39 is 0 Å². The van der Waals surface area contributed by atoms with Gasteiger partial charge < -0.3 is 5.73 Å². The van der Waals surface area contributed by atoms with E-state index in [1.54, 1.807) is 0 Å². The standard InChI is InChI=1S/C14H14N2/c15-8-9-1-3-10(4-2-9)13-7-11-5-6-12(13)14(11)16/h1-6,11-14H,7,16H2/t11-,12+,13?,14+/m1/s1. The minimum Gasteiger partial charge on any atom is -0.327 e. The maximum Gasteiger partial charge on any atom is 0.0991 e. The third kappa shape index (κ3) is 1.29. The van der Waals surface area contributed by atoms with Gasteiger partial charge in [-0.1, -0.05) is 24.3 Å². The summed E-state index contributed by atoms with van der Waals surface area (Å²) in [5, 5.41) is 8.76. The molecule has 80 valence electrons. The van der Waals surface area contributed by atoms with E-state index in [0.717, 1.165) is 12.0 Å². The molecule has 3 rings (SSSR count). The molecule has 2 aliphatic carbocycles. The Morgan fingerprint density at radius 3 is 2.44 bits per heavy atom. The van der Waals surface area contributed by atoms with Crippen LogP contribution in [0.1, 0.15) is 23.5 Å². The number of hydrogen-bond acceptors (Lipinski definition) is 2. The monoisotopic (exact) mass is 210 g/mol. The van der Waals surface area contributed by atoms with Gasteiger partial charge >= 0.3 is 0 Å². The smallest absolute Gasteiger partial charge is 0.0991 e. The highest BCUT2D eigenvalue weighted by molar-refractivity contribution is 5.36. The molecule has 1 saturated carbocycles. The Kier molecular flexibility index (Phi) is 2.08. The van der Waals surface area contributed by atoms with Crippen molar-refractivity contribution in [2.24, 2.45) is 17.6 Å². The third-order valence-electron chi connectivity index (χ3n) is 3.98. The molecule has 2 nitrogen and oxygen atoms in total. The van der Waals surface area contributed by atoms with Crippen molar-refractivity contribution < 1.29 is 0 Å². The van der Waals surface area contributed by atoms with Crippen LogP contribution in [0.15, 0.2) is 36.4 Å². The van der Waals surface area contributed by atoms with Gasteiger partial charge in [0.2, 0.25) is 0 Å². The van der Waals surface area contributed by atoms with E-state index >= 15 is 0 Å². The van der Waals surface area contributed by atoms with Crippen LogP contribution in [0.3, 0.4) is 0 Å². The number of rotatable bonds is 1. The zero-order chi connectivity index (χ0) is 11.1. The predicted octanol–water partition coefficient (Wildman–Crippen LogP) is 2.18. The number of nitriles is 1. The SMILES string of the molecule is N#Cc1ccc(C2C[C@H]3C=C[C@@H]2[C@H]3N)cc1. The fraction of sp³-hybridized carbons (Fsp3) is 0.357. The molecule has 2 bridgehead atoms. The summed E-state index contributed by atoms with van der Waals surface area (Å²) in [5.41, 5.74) is 8.21. The molecule has 0 aliphatic heterocycles. The van der Waals surface area contributed by atoms with Crippen molar-refractivity contribution in [3.63, 3.8) is 0 Å². The van der Waals surface area contributed by atoms with E-state index in [1.165, 1.54) is 5.56 Å². The van der Waals surface area contributed by atoms with E-state index in [2.05, 4.69) is 30.4 Å². The van der Waals surface area contributed by atoms with Crippen LogP contribution in [0.5, 0.6) is 0 Å². The zero-order valence-corrected chi connectivity index (χ0v) is 9.01. The Labute approximate surface area is 95.4 Å². The Bertz CT molecular complexity index is 467. The molecule has 16 heavy (non-hydrogen) atoms. The van der Waals surface area contributed by atoms with Gasteiger partial charge in [-0.3, -0.25) is 0 Å². The van der Waals surface area contributed by atoms with Crippen LogP contribution in [0.25, 0.3) is 0 Å². The normalized spacial score (nSPS) is 35.2. The van der Waals surface area contributed by atoms with Crippen LogP contribution >= 0.6 is 0 Å². The summed E-state index contributed by atoms with van der Waals surface area (Å²) in [7, 11) is 0. The highest BCUT2D eigenvalue weighted by Gasteiger charge is 2.42. The number of fused-ring (bicyclic) bond motifs is 2. The topological polar surface area (TPSA) is 49.8 Å². The third-order valence-corrected chi connectivity index (χ3v) is 3.98. The van der Waals surface area contributed by atoms with Crippen molar-refractivity contribution in [1.29, 1.82) is 5.26 Å². The summed E-state index contributed by atoms with van der Waals surface area (Å²) in [6.07, 6.45) is 5.69. The average Bonchev–Trinajstić information content (AvgIpc) is 2.85. The molecule has 0 saturated heterocycles. The maximum absolute atomic E-state index is 8.76. The summed E-state index contributed by atoms with van der Waals surface area (Å²) in [6.45, 7) is 0. The van der Waals surface area contributed by atoms with Crippen molar-refractivity contribution in [1.82, 2.24) is 0 Å².